The maximum absolute atomic E-state index is 11.3. The van der Waals surface area contributed by atoms with Gasteiger partial charge in [-0.3, -0.25) is 19.2 Å². The van der Waals surface area contributed by atoms with Gasteiger partial charge in [-0.15, -0.1) is 12.0 Å². The van der Waals surface area contributed by atoms with Gasteiger partial charge in [-0.2, -0.15) is 0 Å². The second-order valence-electron chi connectivity index (χ2n) is 13.3. The number of halogens is 25. The summed E-state index contributed by atoms with van der Waals surface area (Å²) in [5.74, 6) is 4.22. The molecule has 1 N–H and O–H groups in total. The zero-order valence-corrected chi connectivity index (χ0v) is 94.3. The number of hydrogen-bond acceptors (Lipinski definition) is 7. The standard InChI is InChI=1S/C14H18O2Si.C11H10O2.C9H9IO2.C8H7IO2.CH4.I10.I9.I4/c1-16-14(15)11-13-8-6-5-7-12(13)9-10-17(2,3)4;1-3-9-6-4-5-7-10(9)8-11(12)13-2;1-12-9(11)6-7-4-2-3-5-8(7)10;9-7-4-2-1-3-6(7)5-8(10)11;;1-7(2)9(5)10(6)8(3)4;1-6-8(4)9(5)7(2)3;1-4(2)3/h5-8H,11H2,1-4H3;1,4-7H,8H2,2H3;2-5H,6H2,1H3;1-4H,5H2,(H,10,11);1H4;;;/q;;;;;;-1;. The van der Waals surface area contributed by atoms with Crippen molar-refractivity contribution in [1.29, 1.82) is 0 Å². The summed E-state index contributed by atoms with van der Waals surface area (Å²) in [5, 5.41) is 8.49. The van der Waals surface area contributed by atoms with Crippen LogP contribution in [0, 0.1) is 30.9 Å². The molecular formula is C43H48I25O8Si-. The van der Waals surface area contributed by atoms with Crippen molar-refractivity contribution in [3.05, 3.63) is 138 Å². The number of rotatable bonds is 14. The Balaban J connectivity index is -0.000000413. The van der Waals surface area contributed by atoms with Crippen molar-refractivity contribution in [1.82, 2.24) is 0 Å². The van der Waals surface area contributed by atoms with Crippen LogP contribution in [0.1, 0.15) is 40.8 Å². The number of carbonyl (C=O) groups is 4. The molecular weight excluding hydrogens is 3850 g/mol. The number of hydrogen-bond donors (Lipinski definition) is 1. The third-order valence-electron chi connectivity index (χ3n) is 7.16. The summed E-state index contributed by atoms with van der Waals surface area (Å²) < 4.78 is 15.9. The van der Waals surface area contributed by atoms with E-state index in [1.54, 1.807) is 6.07 Å². The molecule has 4 aromatic carbocycles. The third kappa shape index (κ3) is 56.1. The summed E-state index contributed by atoms with van der Waals surface area (Å²) in [6.07, 6.45) is 6.25. The molecule has 0 fully saturated rings. The number of ether oxygens (including phenoxy) is 3. The van der Waals surface area contributed by atoms with Gasteiger partial charge in [0.05, 0.1) is 47.0 Å². The first-order valence-corrected chi connectivity index (χ1v) is 150. The van der Waals surface area contributed by atoms with Crippen molar-refractivity contribution in [3.8, 4) is 23.8 Å². The van der Waals surface area contributed by atoms with Crippen LogP contribution in [0.2, 0.25) is 19.6 Å². The molecule has 0 saturated carbocycles. The minimum Gasteiger partial charge on any atom is -0.481 e. The van der Waals surface area contributed by atoms with Crippen molar-refractivity contribution >= 4 is 401 Å². The predicted molar refractivity (Wildman–Crippen MR) is 543 cm³/mol. The Hall–Kier alpha value is 12.3. The van der Waals surface area contributed by atoms with E-state index in [-0.39, 0.29) is 108 Å². The number of carboxylic acids is 1. The van der Waals surface area contributed by atoms with Gasteiger partial charge in [-0.25, -0.2) is 0 Å². The Labute approximate surface area is 666 Å². The molecule has 8 nitrogen and oxygen atoms in total. The van der Waals surface area contributed by atoms with Gasteiger partial charge in [0.1, 0.15) is 8.07 Å². The fourth-order valence-electron chi connectivity index (χ4n) is 4.10. The maximum Gasteiger partial charge on any atom is 0.307 e. The van der Waals surface area contributed by atoms with Gasteiger partial charge in [-0.1, -0.05) is 112 Å². The van der Waals surface area contributed by atoms with Crippen LogP contribution in [-0.2, 0) is 59.1 Å². The molecule has 0 bridgehead atoms. The molecule has 0 saturated heterocycles. The number of esters is 3. The van der Waals surface area contributed by atoms with Crippen molar-refractivity contribution in [2.24, 2.45) is 0 Å². The maximum atomic E-state index is 11.3. The van der Waals surface area contributed by atoms with Gasteiger partial charge in [0.25, 0.3) is 0 Å². The fraction of sp³-hybridized carbons (Fsp3) is 0.256. The van der Waals surface area contributed by atoms with Gasteiger partial charge >= 0.3 is 361 Å². The fourth-order valence-corrected chi connectivity index (χ4v) is 1470. The number of methoxy groups -OCH3 is 3. The molecule has 0 spiro atoms. The van der Waals surface area contributed by atoms with Crippen LogP contribution in [0.5, 0.6) is 0 Å². The van der Waals surface area contributed by atoms with Crippen LogP contribution >= 0.6 is 369 Å². The van der Waals surface area contributed by atoms with E-state index >= 15 is 0 Å². The zero-order valence-electron chi connectivity index (χ0n) is 39.4. The van der Waals surface area contributed by atoms with Crippen molar-refractivity contribution < 1.29 is 51.8 Å². The van der Waals surface area contributed by atoms with Crippen LogP contribution in [0.25, 0.3) is 0 Å². The molecule has 4 aromatic rings. The number of carboxylic acid groups (broad SMARTS) is 1. The van der Waals surface area contributed by atoms with Crippen molar-refractivity contribution in [2.45, 2.75) is 52.8 Å². The molecule has 0 amide bonds. The van der Waals surface area contributed by atoms with Crippen LogP contribution in [0.4, 0.5) is 0 Å². The molecule has 4 rings (SSSR count). The molecule has 0 radical (unpaired) electrons. The van der Waals surface area contributed by atoms with Crippen molar-refractivity contribution in [2.75, 3.05) is 21.3 Å². The first-order chi connectivity index (χ1) is 35.4. The monoisotopic (exact) mass is 3890 g/mol. The normalized spacial score (nSPS) is 11.1. The van der Waals surface area contributed by atoms with Crippen LogP contribution in [0.3, 0.4) is 0 Å². The molecule has 0 aliphatic heterocycles. The van der Waals surface area contributed by atoms with Gasteiger partial charge in [-0.05, 0) is 91.7 Å². The summed E-state index contributed by atoms with van der Waals surface area (Å²) in [6, 6.07) is 30.3. The first-order valence-electron chi connectivity index (χ1n) is 19.0. The SMILES string of the molecule is C.C#Cc1ccccc1CC(=O)OC.COC(=O)Cc1ccccc1C#C[Si](C)(C)C.COC(=O)Cc1ccccc1I.II(I)I.II(I)I(I)I(I)I(I)I.I[I-]I(I)I(I)I(I)I.O=C(O)Cc1ccccc1I. The van der Waals surface area contributed by atoms with Crippen LogP contribution in [0.15, 0.2) is 97.1 Å². The second-order valence-corrected chi connectivity index (χ2v) is 427. The smallest absolute Gasteiger partial charge is 0.307 e. The van der Waals surface area contributed by atoms with Gasteiger partial charge in [0.2, 0.25) is 0 Å². The van der Waals surface area contributed by atoms with E-state index in [4.69, 9.17) is 11.5 Å². The Morgan fingerprint density at radius 3 is 1.12 bits per heavy atom. The van der Waals surface area contributed by atoms with E-state index in [0.717, 1.165) is 40.5 Å². The molecule has 0 atom stereocenters. The Morgan fingerprint density at radius 1 is 0.532 bits per heavy atom. The number of carbonyl (C=O) groups excluding carboxylic acids is 3. The predicted octanol–water partition coefficient (Wildman–Crippen LogP) is 25.1. The molecule has 0 unspecified atom stereocenters. The Bertz CT molecular complexity index is 2390. The molecule has 0 heterocycles. The molecule has 34 heteroatoms. The zero-order chi connectivity index (χ0) is 59.1. The minimum atomic E-state index is -1.39. The molecule has 0 aromatic heterocycles. The van der Waals surface area contributed by atoms with E-state index in [2.05, 4.69) is 357 Å². The van der Waals surface area contributed by atoms with E-state index in [1.165, 1.54) is 21.3 Å². The molecule has 448 valence electrons. The quantitative estimate of drug-likeness (QED) is 0.0436. The summed E-state index contributed by atoms with van der Waals surface area (Å²) in [7, 11) is 0.322. The van der Waals surface area contributed by atoms with E-state index in [1.807, 2.05) is 91.0 Å². The van der Waals surface area contributed by atoms with E-state index in [9.17, 15) is 19.2 Å². The van der Waals surface area contributed by atoms with Crippen molar-refractivity contribution in [3.63, 3.8) is 0 Å². The average molecular weight is 3890 g/mol. The third-order valence-corrected chi connectivity index (χ3v) is 919. The summed E-state index contributed by atoms with van der Waals surface area (Å²) in [5.41, 5.74) is 8.64. The number of benzene rings is 4. The van der Waals surface area contributed by atoms with Gasteiger partial charge in [0, 0.05) is 18.3 Å². The largest absolute Gasteiger partial charge is 0.481 e. The van der Waals surface area contributed by atoms with Gasteiger partial charge < -0.3 is 19.3 Å². The molecule has 0 aliphatic rings. The molecule has 0 aliphatic carbocycles. The summed E-state index contributed by atoms with van der Waals surface area (Å²) in [4.78, 5) is 43.5. The molecule has 77 heavy (non-hydrogen) atoms. The first kappa shape index (κ1) is 95.7. The van der Waals surface area contributed by atoms with E-state index < -0.39 is 14.0 Å². The van der Waals surface area contributed by atoms with Crippen LogP contribution < -0.4 is 13.3 Å². The summed E-state index contributed by atoms with van der Waals surface area (Å²) >= 11 is 43.2. The Morgan fingerprint density at radius 2 is 0.831 bits per heavy atom. The Kier molecular flexibility index (Phi) is 75.5. The number of aliphatic carboxylic acids is 1. The summed E-state index contributed by atoms with van der Waals surface area (Å²) in [6.45, 7) is 6.59. The van der Waals surface area contributed by atoms with Gasteiger partial charge in [0.15, 0.2) is 0 Å². The number of terminal acetylenes is 1. The minimum absolute atomic E-state index is 0. The second kappa shape index (κ2) is 60.7. The topological polar surface area (TPSA) is 116 Å². The van der Waals surface area contributed by atoms with Crippen LogP contribution in [-0.4, -0.2) is 58.4 Å². The van der Waals surface area contributed by atoms with E-state index in [0.29, 0.717) is 19.7 Å². The average Bonchev–Trinajstić information content (AvgIpc) is 3.36.